The molecule has 3 rings (SSSR count). The first-order valence-electron chi connectivity index (χ1n) is 8.75. The SMILES string of the molecule is Cc1nccc(N2CCN(C(=O)Nc3ncccc3OC(C)C)CC2)n1. The van der Waals surface area contributed by atoms with Gasteiger partial charge in [0.25, 0.3) is 0 Å². The van der Waals surface area contributed by atoms with E-state index in [1.54, 1.807) is 29.4 Å². The summed E-state index contributed by atoms with van der Waals surface area (Å²) in [5.41, 5.74) is 0. The molecule has 3 heterocycles. The average molecular weight is 356 g/mol. The van der Waals surface area contributed by atoms with E-state index in [1.807, 2.05) is 26.8 Å². The molecule has 1 N–H and O–H groups in total. The van der Waals surface area contributed by atoms with Crippen molar-refractivity contribution in [3.05, 3.63) is 36.4 Å². The van der Waals surface area contributed by atoms with E-state index in [4.69, 9.17) is 4.74 Å². The molecule has 0 atom stereocenters. The van der Waals surface area contributed by atoms with Gasteiger partial charge in [0.05, 0.1) is 6.10 Å². The van der Waals surface area contributed by atoms with Crippen LogP contribution in [0.2, 0.25) is 0 Å². The minimum Gasteiger partial charge on any atom is -0.487 e. The number of ether oxygens (including phenoxy) is 1. The van der Waals surface area contributed by atoms with Gasteiger partial charge >= 0.3 is 6.03 Å². The van der Waals surface area contributed by atoms with Crippen molar-refractivity contribution in [1.29, 1.82) is 0 Å². The molecule has 2 aromatic heterocycles. The Kier molecular flexibility index (Phi) is 5.50. The van der Waals surface area contributed by atoms with Crippen molar-refractivity contribution in [3.63, 3.8) is 0 Å². The molecule has 2 aromatic rings. The zero-order valence-corrected chi connectivity index (χ0v) is 15.3. The molecule has 0 radical (unpaired) electrons. The second kappa shape index (κ2) is 7.99. The van der Waals surface area contributed by atoms with Gasteiger partial charge in [-0.15, -0.1) is 0 Å². The smallest absolute Gasteiger partial charge is 0.323 e. The molecule has 1 fully saturated rings. The van der Waals surface area contributed by atoms with Crippen LogP contribution >= 0.6 is 0 Å². The zero-order chi connectivity index (χ0) is 18.5. The quantitative estimate of drug-likeness (QED) is 0.905. The predicted molar refractivity (Wildman–Crippen MR) is 99.6 cm³/mol. The van der Waals surface area contributed by atoms with Crippen LogP contribution in [0.15, 0.2) is 30.6 Å². The van der Waals surface area contributed by atoms with Crippen molar-refractivity contribution < 1.29 is 9.53 Å². The van der Waals surface area contributed by atoms with E-state index >= 15 is 0 Å². The molecule has 1 saturated heterocycles. The van der Waals surface area contributed by atoms with Gasteiger partial charge in [-0.1, -0.05) is 0 Å². The number of hydrogen-bond donors (Lipinski definition) is 1. The number of urea groups is 1. The third kappa shape index (κ3) is 4.38. The van der Waals surface area contributed by atoms with Crippen molar-refractivity contribution in [1.82, 2.24) is 19.9 Å². The highest BCUT2D eigenvalue weighted by atomic mass is 16.5. The topological polar surface area (TPSA) is 83.5 Å². The van der Waals surface area contributed by atoms with E-state index in [0.717, 1.165) is 24.7 Å². The van der Waals surface area contributed by atoms with Gasteiger partial charge < -0.3 is 14.5 Å². The molecule has 0 aromatic carbocycles. The van der Waals surface area contributed by atoms with Crippen molar-refractivity contribution >= 4 is 17.7 Å². The monoisotopic (exact) mass is 356 g/mol. The number of nitrogens with zero attached hydrogens (tertiary/aromatic N) is 5. The molecule has 0 spiro atoms. The predicted octanol–water partition coefficient (Wildman–Crippen LogP) is 2.32. The Morgan fingerprint density at radius 1 is 1.15 bits per heavy atom. The summed E-state index contributed by atoms with van der Waals surface area (Å²) in [7, 11) is 0. The van der Waals surface area contributed by atoms with Gasteiger partial charge in [-0.2, -0.15) is 0 Å². The van der Waals surface area contributed by atoms with Crippen LogP contribution in [0.25, 0.3) is 0 Å². The fourth-order valence-corrected chi connectivity index (χ4v) is 2.77. The first kappa shape index (κ1) is 17.9. The van der Waals surface area contributed by atoms with Gasteiger partial charge in [0.15, 0.2) is 11.6 Å². The van der Waals surface area contributed by atoms with E-state index in [1.165, 1.54) is 0 Å². The Morgan fingerprint density at radius 3 is 2.62 bits per heavy atom. The number of pyridine rings is 1. The van der Waals surface area contributed by atoms with Crippen LogP contribution in [0.3, 0.4) is 0 Å². The first-order valence-corrected chi connectivity index (χ1v) is 8.75. The molecule has 0 saturated carbocycles. The third-order valence-electron chi connectivity index (χ3n) is 4.01. The number of hydrogen-bond acceptors (Lipinski definition) is 6. The summed E-state index contributed by atoms with van der Waals surface area (Å²) in [6.45, 7) is 8.42. The van der Waals surface area contributed by atoms with Gasteiger partial charge in [-0.25, -0.2) is 19.7 Å². The lowest BCUT2D eigenvalue weighted by Crippen LogP contribution is -2.50. The molecular weight excluding hydrogens is 332 g/mol. The lowest BCUT2D eigenvalue weighted by Gasteiger charge is -2.35. The molecule has 2 amide bonds. The normalized spacial score (nSPS) is 14.5. The van der Waals surface area contributed by atoms with Crippen molar-refractivity contribution in [2.75, 3.05) is 36.4 Å². The minimum absolute atomic E-state index is 0.00900. The Balaban J connectivity index is 1.59. The van der Waals surface area contributed by atoms with Crippen molar-refractivity contribution in [2.24, 2.45) is 0 Å². The Labute approximate surface area is 153 Å². The van der Waals surface area contributed by atoms with Crippen molar-refractivity contribution in [3.8, 4) is 5.75 Å². The molecule has 8 heteroatoms. The summed E-state index contributed by atoms with van der Waals surface area (Å²) in [5.74, 6) is 2.66. The first-order chi connectivity index (χ1) is 12.5. The number of nitrogens with one attached hydrogen (secondary N) is 1. The Hall–Kier alpha value is -2.90. The van der Waals surface area contributed by atoms with Crippen molar-refractivity contribution in [2.45, 2.75) is 26.9 Å². The number of carbonyl (C=O) groups excluding carboxylic acids is 1. The number of aryl methyl sites for hydroxylation is 1. The van der Waals surface area contributed by atoms with Gasteiger partial charge in [-0.3, -0.25) is 5.32 Å². The third-order valence-corrected chi connectivity index (χ3v) is 4.01. The molecule has 1 aliphatic rings. The molecule has 0 aliphatic carbocycles. The number of rotatable bonds is 4. The van der Waals surface area contributed by atoms with Crippen LogP contribution < -0.4 is 15.0 Å². The maximum Gasteiger partial charge on any atom is 0.323 e. The molecular formula is C18H24N6O2. The highest BCUT2D eigenvalue weighted by molar-refractivity contribution is 5.89. The number of piperazine rings is 1. The maximum atomic E-state index is 12.6. The van der Waals surface area contributed by atoms with E-state index in [0.29, 0.717) is 24.7 Å². The van der Waals surface area contributed by atoms with E-state index in [-0.39, 0.29) is 12.1 Å². The maximum absolute atomic E-state index is 12.6. The largest absolute Gasteiger partial charge is 0.487 e. The molecule has 8 nitrogen and oxygen atoms in total. The van der Waals surface area contributed by atoms with Crippen LogP contribution in [0.5, 0.6) is 5.75 Å². The number of aromatic nitrogens is 3. The lowest BCUT2D eigenvalue weighted by atomic mass is 10.3. The highest BCUT2D eigenvalue weighted by Gasteiger charge is 2.23. The van der Waals surface area contributed by atoms with Crippen LogP contribution in [0, 0.1) is 6.92 Å². The summed E-state index contributed by atoms with van der Waals surface area (Å²) < 4.78 is 5.70. The molecule has 0 unspecified atom stereocenters. The zero-order valence-electron chi connectivity index (χ0n) is 15.3. The van der Waals surface area contributed by atoms with Gasteiger partial charge in [0, 0.05) is 38.6 Å². The fourth-order valence-electron chi connectivity index (χ4n) is 2.77. The standard InChI is InChI=1S/C18H24N6O2/c1-13(2)26-15-5-4-7-20-17(15)22-18(25)24-11-9-23(10-12-24)16-6-8-19-14(3)21-16/h4-8,13H,9-12H2,1-3H3,(H,20,22,25). The van der Waals surface area contributed by atoms with Crippen LogP contribution in [-0.2, 0) is 0 Å². The number of carbonyl (C=O) groups is 1. The summed E-state index contributed by atoms with van der Waals surface area (Å²) in [5, 5.41) is 2.86. The second-order valence-electron chi connectivity index (χ2n) is 6.38. The van der Waals surface area contributed by atoms with E-state index in [2.05, 4.69) is 25.2 Å². The van der Waals surface area contributed by atoms with Gasteiger partial charge in [0.2, 0.25) is 0 Å². The number of anilines is 2. The minimum atomic E-state index is -0.171. The number of amides is 2. The lowest BCUT2D eigenvalue weighted by molar-refractivity contribution is 0.207. The average Bonchev–Trinajstić information content (AvgIpc) is 2.63. The van der Waals surface area contributed by atoms with E-state index < -0.39 is 0 Å². The van der Waals surface area contributed by atoms with Crippen LogP contribution in [0.4, 0.5) is 16.4 Å². The Bertz CT molecular complexity index is 759. The van der Waals surface area contributed by atoms with Crippen LogP contribution in [-0.4, -0.2) is 58.2 Å². The van der Waals surface area contributed by atoms with Gasteiger partial charge in [0.1, 0.15) is 11.6 Å². The highest BCUT2D eigenvalue weighted by Crippen LogP contribution is 2.23. The summed E-state index contributed by atoms with van der Waals surface area (Å²) in [6.07, 6.45) is 3.40. The van der Waals surface area contributed by atoms with Gasteiger partial charge in [-0.05, 0) is 39.0 Å². The Morgan fingerprint density at radius 2 is 1.92 bits per heavy atom. The molecule has 138 valence electrons. The molecule has 0 bridgehead atoms. The fraction of sp³-hybridized carbons (Fsp3) is 0.444. The van der Waals surface area contributed by atoms with E-state index in [9.17, 15) is 4.79 Å². The summed E-state index contributed by atoms with van der Waals surface area (Å²) in [6, 6.07) is 5.32. The molecule has 26 heavy (non-hydrogen) atoms. The molecule has 1 aliphatic heterocycles. The second-order valence-corrected chi connectivity index (χ2v) is 6.38. The van der Waals surface area contributed by atoms with Crippen LogP contribution in [0.1, 0.15) is 19.7 Å². The summed E-state index contributed by atoms with van der Waals surface area (Å²) in [4.78, 5) is 29.3. The summed E-state index contributed by atoms with van der Waals surface area (Å²) >= 11 is 0.